The van der Waals surface area contributed by atoms with Gasteiger partial charge in [0.25, 0.3) is 0 Å². The zero-order valence-electron chi connectivity index (χ0n) is 11.1. The van der Waals surface area contributed by atoms with E-state index in [1.165, 1.54) is 0 Å². The van der Waals surface area contributed by atoms with Crippen LogP contribution in [-0.4, -0.2) is 42.8 Å². The first-order valence-electron chi connectivity index (χ1n) is 5.13. The normalized spacial score (nSPS) is 16.8. The molecule has 14 heteroatoms. The van der Waals surface area contributed by atoms with Gasteiger partial charge < -0.3 is 4.55 Å². The van der Waals surface area contributed by atoms with Crippen molar-refractivity contribution in [1.82, 2.24) is 0 Å². The molecule has 0 heterocycles. The van der Waals surface area contributed by atoms with Crippen LogP contribution in [0.1, 0.15) is 19.8 Å². The molecule has 4 nitrogen and oxygen atoms in total. The van der Waals surface area contributed by atoms with Gasteiger partial charge in [-0.2, -0.15) is 30.7 Å². The van der Waals surface area contributed by atoms with Crippen molar-refractivity contribution in [3.8, 4) is 0 Å². The molecule has 0 saturated carbocycles. The SMILES string of the molecule is CCC(OC(F)(F)C(F)(F)C(F)CC(F)(F)F)S(=O)(=O)[O-].[Na+]. The van der Waals surface area contributed by atoms with Gasteiger partial charge in [-0.3, -0.25) is 4.74 Å². The van der Waals surface area contributed by atoms with E-state index in [1.807, 2.05) is 0 Å². The molecule has 0 aromatic rings. The standard InChI is InChI=1S/C8H10F8O4S.Na/c1-2-5(21(17,18)19)20-8(15,16)7(13,14)4(9)3-6(10,11)12;/h4-5H,2-3H2,1H3,(H,17,18,19);/q;+1/p-1. The van der Waals surface area contributed by atoms with E-state index in [2.05, 4.69) is 4.74 Å². The van der Waals surface area contributed by atoms with E-state index in [-0.39, 0.29) is 29.6 Å². The zero-order valence-corrected chi connectivity index (χ0v) is 14.0. The van der Waals surface area contributed by atoms with Crippen molar-refractivity contribution < 1.29 is 82.4 Å². The van der Waals surface area contributed by atoms with Crippen LogP contribution in [0.5, 0.6) is 0 Å². The van der Waals surface area contributed by atoms with Crippen LogP contribution in [0.15, 0.2) is 0 Å². The first-order valence-corrected chi connectivity index (χ1v) is 6.60. The fraction of sp³-hybridized carbons (Fsp3) is 1.00. The minimum absolute atomic E-state index is 0. The number of hydrogen-bond acceptors (Lipinski definition) is 4. The van der Waals surface area contributed by atoms with E-state index in [9.17, 15) is 48.1 Å². The van der Waals surface area contributed by atoms with Crippen molar-refractivity contribution in [3.63, 3.8) is 0 Å². The fourth-order valence-electron chi connectivity index (χ4n) is 1.10. The summed E-state index contributed by atoms with van der Waals surface area (Å²) in [6.45, 7) is 0.803. The zero-order chi connectivity index (χ0) is 17.3. The summed E-state index contributed by atoms with van der Waals surface area (Å²) < 4.78 is 134. The van der Waals surface area contributed by atoms with Gasteiger partial charge in [-0.1, -0.05) is 6.92 Å². The van der Waals surface area contributed by atoms with Crippen LogP contribution < -0.4 is 29.6 Å². The maximum atomic E-state index is 13.0. The second kappa shape index (κ2) is 7.92. The molecule has 0 bridgehead atoms. The first kappa shape index (κ1) is 24.6. The van der Waals surface area contributed by atoms with Gasteiger partial charge in [0.15, 0.2) is 11.6 Å². The number of alkyl halides is 8. The van der Waals surface area contributed by atoms with E-state index in [0.29, 0.717) is 0 Å². The van der Waals surface area contributed by atoms with Gasteiger partial charge in [-0.25, -0.2) is 12.8 Å². The first-order chi connectivity index (χ1) is 9.04. The van der Waals surface area contributed by atoms with Crippen molar-refractivity contribution >= 4 is 10.1 Å². The maximum Gasteiger partial charge on any atom is 1.00 e. The molecule has 2 unspecified atom stereocenters. The summed E-state index contributed by atoms with van der Waals surface area (Å²) in [5, 5.41) is 0. The Hall–Kier alpha value is 0.310. The average Bonchev–Trinajstić information content (AvgIpc) is 2.21. The van der Waals surface area contributed by atoms with Crippen molar-refractivity contribution in [3.05, 3.63) is 0 Å². The number of halogens is 8. The molecule has 0 aliphatic rings. The largest absolute Gasteiger partial charge is 1.00 e. The quantitative estimate of drug-likeness (QED) is 0.351. The van der Waals surface area contributed by atoms with Gasteiger partial charge in [0.2, 0.25) is 0 Å². The van der Waals surface area contributed by atoms with Crippen LogP contribution in [0.25, 0.3) is 0 Å². The van der Waals surface area contributed by atoms with Crippen LogP contribution in [-0.2, 0) is 14.9 Å². The minimum atomic E-state index is -5.99. The Bertz CT molecular complexity index is 452. The molecule has 0 amide bonds. The van der Waals surface area contributed by atoms with E-state index in [1.54, 1.807) is 0 Å². The predicted octanol–water partition coefficient (Wildman–Crippen LogP) is -0.193. The summed E-state index contributed by atoms with van der Waals surface area (Å²) >= 11 is 0. The third-order valence-electron chi connectivity index (χ3n) is 2.13. The summed E-state index contributed by atoms with van der Waals surface area (Å²) in [6.07, 6.45) is -19.7. The van der Waals surface area contributed by atoms with Gasteiger partial charge in [0.05, 0.1) is 6.42 Å². The third-order valence-corrected chi connectivity index (χ3v) is 3.20. The molecule has 0 aromatic carbocycles. The molecule has 0 fully saturated rings. The van der Waals surface area contributed by atoms with Crippen LogP contribution >= 0.6 is 0 Å². The average molecular weight is 376 g/mol. The molecule has 0 spiro atoms. The van der Waals surface area contributed by atoms with Crippen molar-refractivity contribution in [2.45, 2.75) is 49.6 Å². The smallest absolute Gasteiger partial charge is 0.746 e. The summed E-state index contributed by atoms with van der Waals surface area (Å²) in [4.78, 5) is 0. The van der Waals surface area contributed by atoms with Crippen LogP contribution in [0.2, 0.25) is 0 Å². The second-order valence-corrected chi connectivity index (χ2v) is 5.39. The Balaban J connectivity index is 0. The van der Waals surface area contributed by atoms with Crippen molar-refractivity contribution in [1.29, 1.82) is 0 Å². The molecule has 0 radical (unpaired) electrons. The fourth-order valence-corrected chi connectivity index (χ4v) is 1.75. The van der Waals surface area contributed by atoms with Gasteiger partial charge in [-0.05, 0) is 6.42 Å². The predicted molar refractivity (Wildman–Crippen MR) is 50.3 cm³/mol. The van der Waals surface area contributed by atoms with E-state index < -0.39 is 52.8 Å². The Labute approximate surface area is 142 Å². The number of hydrogen-bond donors (Lipinski definition) is 0. The summed E-state index contributed by atoms with van der Waals surface area (Å²) in [5.41, 5.74) is -2.96. The molecular formula is C8H9F8NaO4S. The molecule has 0 saturated heterocycles. The van der Waals surface area contributed by atoms with Crippen molar-refractivity contribution in [2.24, 2.45) is 0 Å². The van der Waals surface area contributed by atoms with Crippen LogP contribution in [0, 0.1) is 0 Å². The van der Waals surface area contributed by atoms with Gasteiger partial charge in [0.1, 0.15) is 10.1 Å². The molecule has 0 aliphatic carbocycles. The van der Waals surface area contributed by atoms with E-state index in [0.717, 1.165) is 6.92 Å². The summed E-state index contributed by atoms with van der Waals surface area (Å²) in [5.74, 6) is -5.99. The molecule has 0 N–H and O–H groups in total. The molecule has 0 aromatic heterocycles. The Morgan fingerprint density at radius 3 is 1.77 bits per heavy atom. The van der Waals surface area contributed by atoms with Crippen LogP contribution in [0.3, 0.4) is 0 Å². The molecule has 22 heavy (non-hydrogen) atoms. The summed E-state index contributed by atoms with van der Waals surface area (Å²) in [6, 6.07) is 0. The van der Waals surface area contributed by atoms with Gasteiger partial charge in [-0.15, -0.1) is 0 Å². The Morgan fingerprint density at radius 1 is 1.09 bits per heavy atom. The van der Waals surface area contributed by atoms with Gasteiger partial charge >= 0.3 is 47.8 Å². The van der Waals surface area contributed by atoms with E-state index >= 15 is 0 Å². The van der Waals surface area contributed by atoms with Crippen molar-refractivity contribution in [2.75, 3.05) is 0 Å². The Kier molecular flexibility index (Phi) is 8.84. The topological polar surface area (TPSA) is 66.4 Å². The summed E-state index contributed by atoms with van der Waals surface area (Å²) in [7, 11) is -5.60. The molecule has 0 rings (SSSR count). The maximum absolute atomic E-state index is 13.0. The monoisotopic (exact) mass is 376 g/mol. The number of rotatable bonds is 7. The van der Waals surface area contributed by atoms with E-state index in [4.69, 9.17) is 0 Å². The molecule has 128 valence electrons. The molecule has 0 aliphatic heterocycles. The molecular weight excluding hydrogens is 367 g/mol. The molecule has 2 atom stereocenters. The number of ether oxygens (including phenoxy) is 1. The third kappa shape index (κ3) is 6.83. The second-order valence-electron chi connectivity index (χ2n) is 3.88. The minimum Gasteiger partial charge on any atom is -0.746 e. The Morgan fingerprint density at radius 2 is 1.50 bits per heavy atom. The van der Waals surface area contributed by atoms with Crippen LogP contribution in [0.4, 0.5) is 35.1 Å². The van der Waals surface area contributed by atoms with Gasteiger partial charge in [0, 0.05) is 0 Å².